The van der Waals surface area contributed by atoms with Gasteiger partial charge in [0, 0.05) is 5.57 Å². The van der Waals surface area contributed by atoms with Crippen LogP contribution in [0.1, 0.15) is 5.69 Å². The molecule has 5 heteroatoms. The van der Waals surface area contributed by atoms with Crippen molar-refractivity contribution in [3.8, 4) is 6.07 Å². The number of nitriles is 1. The number of hydrogen-bond donors (Lipinski definition) is 1. The third kappa shape index (κ3) is 3.74. The van der Waals surface area contributed by atoms with E-state index in [2.05, 4.69) is 9.97 Å². The average molecular weight is 302 g/mol. The van der Waals surface area contributed by atoms with Gasteiger partial charge in [-0.05, 0) is 0 Å². The second-order valence-electron chi connectivity index (χ2n) is 3.67. The molecular weight excluding hydrogens is 292 g/mol. The molecule has 0 spiro atoms. The predicted molar refractivity (Wildman–Crippen MR) is 73.7 cm³/mol. The molecule has 1 aromatic carbocycles. The minimum absolute atomic E-state index is 0. The fourth-order valence-electron chi connectivity index (χ4n) is 1.52. The summed E-state index contributed by atoms with van der Waals surface area (Å²) in [5.74, 6) is 1.89. The second kappa shape index (κ2) is 7.83. The Hall–Kier alpha value is -2.50. The number of allylic oxidation sites excluding steroid dienone is 4. The van der Waals surface area contributed by atoms with Crippen LogP contribution >= 0.6 is 0 Å². The zero-order valence-corrected chi connectivity index (χ0v) is 11.5. The summed E-state index contributed by atoms with van der Waals surface area (Å²) in [5, 5.41) is 17.6. The molecule has 98 valence electrons. The third-order valence-corrected chi connectivity index (χ3v) is 2.41. The molecule has 0 atom stereocenters. The SMILES string of the molecule is N#Cc1nc(=C2C=CC=C2)[nH]c1=C=[N-].[Fe+2].c1cc[cH-]c1. The zero-order valence-electron chi connectivity index (χ0n) is 10.4. The molecule has 1 aromatic heterocycles. The maximum Gasteiger partial charge on any atom is 2.00 e. The van der Waals surface area contributed by atoms with Crippen LogP contribution in [0.4, 0.5) is 0 Å². The Morgan fingerprint density at radius 3 is 2.25 bits per heavy atom. The molecule has 0 radical (unpaired) electrons. The van der Waals surface area contributed by atoms with Gasteiger partial charge in [-0.25, -0.2) is 23.0 Å². The maximum atomic E-state index is 8.69. The molecule has 20 heavy (non-hydrogen) atoms. The van der Waals surface area contributed by atoms with E-state index in [-0.39, 0.29) is 28.1 Å². The summed E-state index contributed by atoms with van der Waals surface area (Å²) in [5.41, 5.74) is 1.58. The van der Waals surface area contributed by atoms with E-state index in [0.717, 1.165) is 5.57 Å². The van der Waals surface area contributed by atoms with E-state index in [0.29, 0.717) is 5.48 Å². The summed E-state index contributed by atoms with van der Waals surface area (Å²) >= 11 is 0. The van der Waals surface area contributed by atoms with Crippen LogP contribution in [0.5, 0.6) is 0 Å². The number of H-pyrrole nitrogens is 1. The first-order valence-corrected chi connectivity index (χ1v) is 5.64. The quantitative estimate of drug-likeness (QED) is 0.445. The number of aromatic nitrogens is 2. The first kappa shape index (κ1) is 15.6. The number of nitrogens with zero attached hydrogens (tertiary/aromatic N) is 3. The molecule has 0 bridgehead atoms. The van der Waals surface area contributed by atoms with Crippen LogP contribution in [0.25, 0.3) is 11.0 Å². The monoisotopic (exact) mass is 302 g/mol. The van der Waals surface area contributed by atoms with E-state index in [1.165, 1.54) is 0 Å². The second-order valence-corrected chi connectivity index (χ2v) is 3.67. The van der Waals surface area contributed by atoms with Crippen LogP contribution in [0, 0.1) is 11.3 Å². The molecule has 0 fully saturated rings. The predicted octanol–water partition coefficient (Wildman–Crippen LogP) is 0.872. The van der Waals surface area contributed by atoms with Gasteiger partial charge in [0.25, 0.3) is 0 Å². The van der Waals surface area contributed by atoms with E-state index >= 15 is 0 Å². The van der Waals surface area contributed by atoms with Gasteiger partial charge in [0.1, 0.15) is 11.5 Å². The molecule has 3 rings (SSSR count). The molecule has 1 N–H and O–H groups in total. The fraction of sp³-hybridized carbons (Fsp3) is 0. The fourth-order valence-corrected chi connectivity index (χ4v) is 1.52. The van der Waals surface area contributed by atoms with E-state index < -0.39 is 0 Å². The van der Waals surface area contributed by atoms with Crippen molar-refractivity contribution in [2.45, 2.75) is 0 Å². The third-order valence-electron chi connectivity index (χ3n) is 2.41. The number of aromatic amines is 1. The van der Waals surface area contributed by atoms with E-state index in [4.69, 9.17) is 10.7 Å². The van der Waals surface area contributed by atoms with Crippen molar-refractivity contribution < 1.29 is 17.1 Å². The number of hydrogen-bond acceptors (Lipinski definition) is 2. The first-order chi connectivity index (χ1) is 9.35. The molecule has 0 unspecified atom stereocenters. The van der Waals surface area contributed by atoms with Crippen molar-refractivity contribution in [2.24, 2.45) is 0 Å². The van der Waals surface area contributed by atoms with Gasteiger partial charge < -0.3 is 10.4 Å². The molecule has 2 aromatic rings. The van der Waals surface area contributed by atoms with Crippen LogP contribution in [0.3, 0.4) is 0 Å². The Kier molecular flexibility index (Phi) is 6.09. The van der Waals surface area contributed by atoms with Gasteiger partial charge >= 0.3 is 17.1 Å². The summed E-state index contributed by atoms with van der Waals surface area (Å²) < 4.78 is 0. The van der Waals surface area contributed by atoms with Gasteiger partial charge in [-0.15, -0.1) is 0 Å². The van der Waals surface area contributed by atoms with Gasteiger partial charge in [0.15, 0.2) is 5.69 Å². The molecule has 0 amide bonds. The van der Waals surface area contributed by atoms with Crippen LogP contribution in [-0.4, -0.2) is 15.8 Å². The van der Waals surface area contributed by atoms with Gasteiger partial charge in [0.2, 0.25) is 0 Å². The largest absolute Gasteiger partial charge is 2.00 e. The van der Waals surface area contributed by atoms with Crippen molar-refractivity contribution in [3.63, 3.8) is 0 Å². The van der Waals surface area contributed by atoms with Crippen LogP contribution in [0.2, 0.25) is 0 Å². The Balaban J connectivity index is 0.000000283. The normalized spacial score (nSPS) is 11.1. The van der Waals surface area contributed by atoms with Crippen LogP contribution < -0.4 is 10.8 Å². The van der Waals surface area contributed by atoms with Crippen molar-refractivity contribution >= 4 is 11.4 Å². The molecule has 1 aliphatic rings. The standard InChI is InChI=1S/C10H5N4.C5H5.Fe/c11-5-8-9(6-12)14-10(13-8)7-3-1-2-4-7;1-2-4-5-3-1;/h1-4,13H;1-5H;/q2*-1;+2. The van der Waals surface area contributed by atoms with Gasteiger partial charge in [0.05, 0.1) is 5.35 Å². The molecular formula is C15H10FeN4. The molecule has 4 nitrogen and oxygen atoms in total. The van der Waals surface area contributed by atoms with Gasteiger partial charge in [-0.3, -0.25) is 0 Å². The van der Waals surface area contributed by atoms with Crippen molar-refractivity contribution in [1.29, 1.82) is 5.26 Å². The smallest absolute Gasteiger partial charge is 0.761 e. The Morgan fingerprint density at radius 2 is 1.85 bits per heavy atom. The van der Waals surface area contributed by atoms with E-state index in [1.54, 1.807) is 0 Å². The van der Waals surface area contributed by atoms with Crippen molar-refractivity contribution in [2.75, 3.05) is 0 Å². The number of nitrogens with one attached hydrogen (secondary N) is 1. The summed E-state index contributed by atoms with van der Waals surface area (Å²) in [6.07, 6.45) is 7.47. The van der Waals surface area contributed by atoms with Crippen LogP contribution in [0.15, 0.2) is 54.6 Å². The molecule has 0 aliphatic heterocycles. The molecule has 1 heterocycles. The Morgan fingerprint density at radius 1 is 1.20 bits per heavy atom. The molecule has 0 saturated carbocycles. The average Bonchev–Trinajstić information content (AvgIpc) is 3.18. The summed E-state index contributed by atoms with van der Waals surface area (Å²) in [6, 6.07) is 11.9. The summed E-state index contributed by atoms with van der Waals surface area (Å²) in [7, 11) is 0. The number of rotatable bonds is 0. The van der Waals surface area contributed by atoms with Gasteiger partial charge in [-0.1, -0.05) is 24.3 Å². The maximum absolute atomic E-state index is 8.69. The van der Waals surface area contributed by atoms with Crippen molar-refractivity contribution in [1.82, 2.24) is 9.97 Å². The topological polar surface area (TPSA) is 74.8 Å². The number of imidazole rings is 1. The first-order valence-electron chi connectivity index (χ1n) is 5.64. The van der Waals surface area contributed by atoms with Crippen LogP contribution in [-0.2, 0) is 17.1 Å². The van der Waals surface area contributed by atoms with Crippen molar-refractivity contribution in [3.05, 3.63) is 76.6 Å². The minimum atomic E-state index is 0. The van der Waals surface area contributed by atoms with Gasteiger partial charge in [-0.2, -0.15) is 23.5 Å². The van der Waals surface area contributed by atoms with E-state index in [1.807, 2.05) is 66.6 Å². The Bertz CT molecular complexity index is 751. The molecule has 0 saturated heterocycles. The Labute approximate surface area is 126 Å². The minimum Gasteiger partial charge on any atom is -0.761 e. The van der Waals surface area contributed by atoms with E-state index in [9.17, 15) is 0 Å². The molecule has 1 aliphatic carbocycles. The summed E-state index contributed by atoms with van der Waals surface area (Å²) in [6.45, 7) is 0. The summed E-state index contributed by atoms with van der Waals surface area (Å²) in [4.78, 5) is 6.79. The zero-order chi connectivity index (χ0) is 13.5.